The van der Waals surface area contributed by atoms with Crippen molar-refractivity contribution >= 4 is 34.5 Å². The number of hydrogen-bond acceptors (Lipinski definition) is 3. The Hall–Kier alpha value is -0.840. The summed E-state index contributed by atoms with van der Waals surface area (Å²) in [7, 11) is 0. The molecule has 2 aromatic rings. The van der Waals surface area contributed by atoms with Crippen LogP contribution >= 0.6 is 12.6 Å². The lowest BCUT2D eigenvalue weighted by Crippen LogP contribution is -1.90. The lowest BCUT2D eigenvalue weighted by atomic mass is 10.1. The molecule has 0 N–H and O–H groups in total. The average molecular weight is 223 g/mol. The number of hydrogen-bond donors (Lipinski definition) is 1. The summed E-state index contributed by atoms with van der Waals surface area (Å²) in [5.74, 6) is 0. The van der Waals surface area contributed by atoms with E-state index < -0.39 is 11.1 Å². The molecule has 14 heavy (non-hydrogen) atoms. The second-order valence-corrected chi connectivity index (χ2v) is 4.26. The van der Waals surface area contributed by atoms with E-state index >= 15 is 0 Å². The molecule has 0 heterocycles. The molecule has 0 aliphatic rings. The number of thiol groups is 1. The summed E-state index contributed by atoms with van der Waals surface area (Å²) in [4.78, 5) is 0.982. The van der Waals surface area contributed by atoms with Gasteiger partial charge in [-0.25, -0.2) is 0 Å². The normalized spacial score (nSPS) is 13.0. The fraction of sp³-hybridized carbons (Fsp3) is 0. The van der Waals surface area contributed by atoms with Crippen molar-refractivity contribution in [3.63, 3.8) is 0 Å². The molecule has 2 nitrogen and oxygen atoms in total. The fourth-order valence-electron chi connectivity index (χ4n) is 1.43. The van der Waals surface area contributed by atoms with Crippen LogP contribution in [0.15, 0.2) is 46.2 Å². The Morgan fingerprint density at radius 1 is 1.14 bits per heavy atom. The first-order valence-electron chi connectivity index (χ1n) is 4.00. The zero-order chi connectivity index (χ0) is 10.1. The van der Waals surface area contributed by atoms with Crippen LogP contribution in [0.2, 0.25) is 0 Å². The van der Waals surface area contributed by atoms with Gasteiger partial charge in [-0.05, 0) is 28.6 Å². The molecule has 2 aromatic carbocycles. The summed E-state index contributed by atoms with van der Waals surface area (Å²) in [6.45, 7) is 0. The SMILES string of the molecule is O=S([O-])c1cccc2cccc(S)c12. The minimum Gasteiger partial charge on any atom is -0.768 e. The molecule has 1 atom stereocenters. The second-order valence-electron chi connectivity index (χ2n) is 2.87. The molecule has 0 bridgehead atoms. The Labute approximate surface area is 89.6 Å². The van der Waals surface area contributed by atoms with E-state index in [1.54, 1.807) is 18.2 Å². The monoisotopic (exact) mass is 223 g/mol. The van der Waals surface area contributed by atoms with Crippen molar-refractivity contribution in [2.45, 2.75) is 9.79 Å². The Balaban J connectivity index is 2.91. The van der Waals surface area contributed by atoms with E-state index in [1.165, 1.54) is 0 Å². The topological polar surface area (TPSA) is 40.1 Å². The highest BCUT2D eigenvalue weighted by Gasteiger charge is 2.03. The highest BCUT2D eigenvalue weighted by atomic mass is 32.2. The minimum absolute atomic E-state index is 0.299. The molecule has 0 amide bonds. The maximum Gasteiger partial charge on any atom is 0.0338 e. The van der Waals surface area contributed by atoms with Gasteiger partial charge in [0.1, 0.15) is 0 Å². The predicted octanol–water partition coefficient (Wildman–Crippen LogP) is 2.37. The van der Waals surface area contributed by atoms with Crippen molar-refractivity contribution < 1.29 is 8.76 Å². The summed E-state index contributed by atoms with van der Waals surface area (Å²) in [6, 6.07) is 10.7. The maximum absolute atomic E-state index is 10.9. The Morgan fingerprint density at radius 2 is 1.79 bits per heavy atom. The molecule has 2 rings (SSSR count). The highest BCUT2D eigenvalue weighted by Crippen LogP contribution is 2.27. The molecular formula is C10H7O2S2-. The molecule has 0 spiro atoms. The predicted molar refractivity (Wildman–Crippen MR) is 58.4 cm³/mol. The van der Waals surface area contributed by atoms with E-state index in [-0.39, 0.29) is 0 Å². The zero-order valence-electron chi connectivity index (χ0n) is 7.14. The zero-order valence-corrected chi connectivity index (χ0v) is 8.85. The van der Waals surface area contributed by atoms with Crippen LogP contribution in [0.4, 0.5) is 0 Å². The van der Waals surface area contributed by atoms with E-state index in [9.17, 15) is 8.76 Å². The van der Waals surface area contributed by atoms with Crippen LogP contribution < -0.4 is 0 Å². The van der Waals surface area contributed by atoms with Crippen LogP contribution in [-0.2, 0) is 11.1 Å². The maximum atomic E-state index is 10.9. The Kier molecular flexibility index (Phi) is 2.58. The van der Waals surface area contributed by atoms with Gasteiger partial charge in [-0.2, -0.15) is 0 Å². The van der Waals surface area contributed by atoms with Crippen molar-refractivity contribution in [1.82, 2.24) is 0 Å². The summed E-state index contributed by atoms with van der Waals surface area (Å²) in [6.07, 6.45) is 0. The summed E-state index contributed by atoms with van der Waals surface area (Å²) >= 11 is 2.03. The lowest BCUT2D eigenvalue weighted by Gasteiger charge is -2.10. The van der Waals surface area contributed by atoms with Gasteiger partial charge in [-0.3, -0.25) is 4.21 Å². The van der Waals surface area contributed by atoms with E-state index in [0.717, 1.165) is 5.39 Å². The van der Waals surface area contributed by atoms with Gasteiger partial charge in [0.25, 0.3) is 0 Å². The second kappa shape index (κ2) is 3.73. The van der Waals surface area contributed by atoms with Crippen molar-refractivity contribution in [3.05, 3.63) is 36.4 Å². The third-order valence-electron chi connectivity index (χ3n) is 2.02. The standard InChI is InChI=1S/C10H8O2S2/c11-14(12)9-6-2-4-7-3-1-5-8(13)10(7)9/h1-6,13H,(H,11,12)/p-1. The van der Waals surface area contributed by atoms with Crippen molar-refractivity contribution in [2.75, 3.05) is 0 Å². The van der Waals surface area contributed by atoms with Crippen LogP contribution in [-0.4, -0.2) is 8.76 Å². The van der Waals surface area contributed by atoms with Gasteiger partial charge in [0, 0.05) is 15.2 Å². The van der Waals surface area contributed by atoms with E-state index in [0.29, 0.717) is 15.2 Å². The van der Waals surface area contributed by atoms with E-state index in [1.807, 2.05) is 18.2 Å². The molecule has 0 radical (unpaired) electrons. The highest BCUT2D eigenvalue weighted by molar-refractivity contribution is 7.81. The van der Waals surface area contributed by atoms with Crippen molar-refractivity contribution in [1.29, 1.82) is 0 Å². The fourth-order valence-corrected chi connectivity index (χ4v) is 2.42. The molecule has 0 saturated heterocycles. The van der Waals surface area contributed by atoms with Gasteiger partial charge >= 0.3 is 0 Å². The third kappa shape index (κ3) is 1.56. The van der Waals surface area contributed by atoms with Crippen LogP contribution in [0.25, 0.3) is 10.8 Å². The summed E-state index contributed by atoms with van der Waals surface area (Å²) < 4.78 is 21.9. The number of fused-ring (bicyclic) bond motifs is 1. The molecule has 0 fully saturated rings. The quantitative estimate of drug-likeness (QED) is 0.595. The molecular weight excluding hydrogens is 216 g/mol. The third-order valence-corrected chi connectivity index (χ3v) is 3.10. The molecule has 0 saturated carbocycles. The molecule has 72 valence electrons. The Morgan fingerprint density at radius 3 is 2.43 bits per heavy atom. The van der Waals surface area contributed by atoms with Crippen LogP contribution in [0.1, 0.15) is 0 Å². The number of benzene rings is 2. The first-order valence-corrected chi connectivity index (χ1v) is 5.52. The van der Waals surface area contributed by atoms with Gasteiger partial charge in [-0.1, -0.05) is 24.3 Å². The van der Waals surface area contributed by atoms with Gasteiger partial charge < -0.3 is 4.55 Å². The van der Waals surface area contributed by atoms with Gasteiger partial charge in [-0.15, -0.1) is 12.6 Å². The Bertz CT molecular complexity index is 503. The molecule has 0 aromatic heterocycles. The van der Waals surface area contributed by atoms with Gasteiger partial charge in [0.2, 0.25) is 0 Å². The van der Waals surface area contributed by atoms with Crippen LogP contribution in [0, 0.1) is 0 Å². The average Bonchev–Trinajstić information content (AvgIpc) is 2.17. The van der Waals surface area contributed by atoms with Crippen LogP contribution in [0.3, 0.4) is 0 Å². The largest absolute Gasteiger partial charge is 0.768 e. The molecule has 4 heteroatoms. The van der Waals surface area contributed by atoms with E-state index in [4.69, 9.17) is 0 Å². The molecule has 1 unspecified atom stereocenters. The minimum atomic E-state index is -2.21. The molecule has 0 aliphatic carbocycles. The van der Waals surface area contributed by atoms with Crippen molar-refractivity contribution in [3.8, 4) is 0 Å². The first-order chi connectivity index (χ1) is 6.70. The van der Waals surface area contributed by atoms with Gasteiger partial charge in [0.15, 0.2) is 0 Å². The smallest absolute Gasteiger partial charge is 0.0338 e. The van der Waals surface area contributed by atoms with Gasteiger partial charge in [0.05, 0.1) is 0 Å². The molecule has 0 aliphatic heterocycles. The first kappa shape index (κ1) is 9.71. The number of rotatable bonds is 1. The van der Waals surface area contributed by atoms with E-state index in [2.05, 4.69) is 12.6 Å². The lowest BCUT2D eigenvalue weighted by molar-refractivity contribution is 0.538. The van der Waals surface area contributed by atoms with Crippen molar-refractivity contribution in [2.24, 2.45) is 0 Å². The summed E-state index contributed by atoms with van der Waals surface area (Å²) in [5.41, 5.74) is 0. The summed E-state index contributed by atoms with van der Waals surface area (Å²) in [5, 5.41) is 1.57. The van der Waals surface area contributed by atoms with Crippen LogP contribution in [0.5, 0.6) is 0 Å².